The van der Waals surface area contributed by atoms with Crippen LogP contribution in [0.2, 0.25) is 0 Å². The number of hydrogen-bond acceptors (Lipinski definition) is 4. The fourth-order valence-corrected chi connectivity index (χ4v) is 5.88. The van der Waals surface area contributed by atoms with Crippen molar-refractivity contribution in [2.75, 3.05) is 0 Å². The zero-order valence-electron chi connectivity index (χ0n) is 19.8. The number of fused-ring (bicyclic) bond motifs is 1. The topological polar surface area (TPSA) is 59.5 Å². The second-order valence-electron chi connectivity index (χ2n) is 10.4. The van der Waals surface area contributed by atoms with Gasteiger partial charge in [0.1, 0.15) is 6.10 Å². The maximum absolute atomic E-state index is 13.9. The van der Waals surface area contributed by atoms with Gasteiger partial charge in [0.25, 0.3) is 5.91 Å². The van der Waals surface area contributed by atoms with Crippen LogP contribution in [0.3, 0.4) is 0 Å². The normalized spacial score (nSPS) is 29.2. The Balaban J connectivity index is 1.58. The van der Waals surface area contributed by atoms with Gasteiger partial charge in [0, 0.05) is 18.9 Å². The molecule has 0 N–H and O–H groups in total. The molecular weight excluding hydrogens is 412 g/mol. The summed E-state index contributed by atoms with van der Waals surface area (Å²) in [5.74, 6) is 1.14. The Morgan fingerprint density at radius 2 is 1.85 bits per heavy atom. The molecule has 0 saturated heterocycles. The lowest BCUT2D eigenvalue weighted by molar-refractivity contribution is -0.139. The molecular formula is C28H32N2O3. The first kappa shape index (κ1) is 21.9. The number of ketones is 1. The van der Waals surface area contributed by atoms with Gasteiger partial charge in [-0.1, -0.05) is 58.0 Å². The van der Waals surface area contributed by atoms with Gasteiger partial charge in [0.05, 0.1) is 17.5 Å². The fraction of sp³-hybridized carbons (Fsp3) is 0.464. The number of aromatic nitrogens is 1. The van der Waals surface area contributed by atoms with Crippen molar-refractivity contribution in [3.05, 3.63) is 76.8 Å². The third-order valence-electron chi connectivity index (χ3n) is 7.52. The Hall–Kier alpha value is -2.95. The second-order valence-corrected chi connectivity index (χ2v) is 10.4. The van der Waals surface area contributed by atoms with E-state index in [1.807, 2.05) is 12.1 Å². The van der Waals surface area contributed by atoms with E-state index >= 15 is 0 Å². The standard InChI is InChI=1S/C28H32N2O3/c1-16(2)20-7-9-21(10-8-20)24-23-25(31)22-13-17(3)12-18(4)26(22)33-27(23)28(32)30(24)15-19-6-5-11-29-14-19/h5-11,14,16-18,22,24,26H,12-13,15H2,1-4H3. The van der Waals surface area contributed by atoms with Gasteiger partial charge in [0.15, 0.2) is 11.5 Å². The highest BCUT2D eigenvalue weighted by molar-refractivity contribution is 6.11. The van der Waals surface area contributed by atoms with E-state index < -0.39 is 6.04 Å². The smallest absolute Gasteiger partial charge is 0.290 e. The number of pyridine rings is 1. The molecule has 1 amide bonds. The number of rotatable bonds is 4. The predicted molar refractivity (Wildman–Crippen MR) is 126 cm³/mol. The summed E-state index contributed by atoms with van der Waals surface area (Å²) in [6, 6.07) is 11.7. The van der Waals surface area contributed by atoms with E-state index in [4.69, 9.17) is 4.74 Å². The van der Waals surface area contributed by atoms with Crippen LogP contribution >= 0.6 is 0 Å². The highest BCUT2D eigenvalue weighted by atomic mass is 16.5. The maximum atomic E-state index is 13.9. The average Bonchev–Trinajstić information content (AvgIpc) is 3.07. The second kappa shape index (κ2) is 8.44. The minimum absolute atomic E-state index is 0.0969. The van der Waals surface area contributed by atoms with Gasteiger partial charge in [-0.3, -0.25) is 14.6 Å². The summed E-state index contributed by atoms with van der Waals surface area (Å²) in [5, 5.41) is 0. The van der Waals surface area contributed by atoms with Crippen molar-refractivity contribution >= 4 is 11.7 Å². The molecule has 1 fully saturated rings. The first-order chi connectivity index (χ1) is 15.8. The molecule has 172 valence electrons. The molecule has 5 atom stereocenters. The summed E-state index contributed by atoms with van der Waals surface area (Å²) in [4.78, 5) is 33.6. The SMILES string of the molecule is CC1CC(C)C2OC3=C(C(=O)C2C1)C(c1ccc(C(C)C)cc1)N(Cc1cccnc1)C3=O. The number of hydrogen-bond donors (Lipinski definition) is 0. The van der Waals surface area contributed by atoms with Gasteiger partial charge < -0.3 is 9.64 Å². The van der Waals surface area contributed by atoms with Crippen molar-refractivity contribution in [2.24, 2.45) is 17.8 Å². The van der Waals surface area contributed by atoms with E-state index in [0.717, 1.165) is 24.0 Å². The van der Waals surface area contributed by atoms with Gasteiger partial charge in [-0.15, -0.1) is 0 Å². The van der Waals surface area contributed by atoms with E-state index in [1.165, 1.54) is 5.56 Å². The molecule has 1 aromatic heterocycles. The molecule has 5 rings (SSSR count). The van der Waals surface area contributed by atoms with E-state index in [2.05, 4.69) is 56.9 Å². The van der Waals surface area contributed by atoms with Crippen LogP contribution in [0, 0.1) is 17.8 Å². The zero-order chi connectivity index (χ0) is 23.3. The minimum Gasteiger partial charge on any atom is -0.483 e. The summed E-state index contributed by atoms with van der Waals surface area (Å²) in [5.41, 5.74) is 3.66. The molecule has 5 nitrogen and oxygen atoms in total. The summed E-state index contributed by atoms with van der Waals surface area (Å²) in [7, 11) is 0. The number of carbonyl (C=O) groups excluding carboxylic acids is 2. The Bertz CT molecular complexity index is 1090. The van der Waals surface area contributed by atoms with Gasteiger partial charge in [-0.25, -0.2) is 0 Å². The molecule has 5 heteroatoms. The zero-order valence-corrected chi connectivity index (χ0v) is 19.8. The van der Waals surface area contributed by atoms with Crippen LogP contribution in [0.5, 0.6) is 0 Å². The molecule has 0 bridgehead atoms. The van der Waals surface area contributed by atoms with Gasteiger partial charge in [0.2, 0.25) is 0 Å². The van der Waals surface area contributed by atoms with Crippen molar-refractivity contribution in [1.29, 1.82) is 0 Å². The minimum atomic E-state index is -0.435. The van der Waals surface area contributed by atoms with Crippen LogP contribution in [0.4, 0.5) is 0 Å². The summed E-state index contributed by atoms with van der Waals surface area (Å²) >= 11 is 0. The first-order valence-corrected chi connectivity index (χ1v) is 12.1. The van der Waals surface area contributed by atoms with Crippen LogP contribution in [-0.4, -0.2) is 27.7 Å². The molecule has 2 aromatic rings. The monoisotopic (exact) mass is 444 g/mol. The number of Topliss-reactive ketones (excluding diaryl/α,β-unsaturated/α-hetero) is 1. The maximum Gasteiger partial charge on any atom is 0.290 e. The van der Waals surface area contributed by atoms with Crippen LogP contribution in [0.1, 0.15) is 69.2 Å². The quantitative estimate of drug-likeness (QED) is 0.651. The largest absolute Gasteiger partial charge is 0.483 e. The number of benzene rings is 1. The molecule has 2 aliphatic heterocycles. The molecule has 0 radical (unpaired) electrons. The van der Waals surface area contributed by atoms with Gasteiger partial charge in [-0.2, -0.15) is 0 Å². The summed E-state index contributed by atoms with van der Waals surface area (Å²) in [6.45, 7) is 9.05. The predicted octanol–water partition coefficient (Wildman–Crippen LogP) is 5.19. The Labute approximate surface area is 195 Å². The molecule has 3 aliphatic rings. The molecule has 1 aliphatic carbocycles. The first-order valence-electron chi connectivity index (χ1n) is 12.1. The van der Waals surface area contributed by atoms with Crippen molar-refractivity contribution in [2.45, 2.75) is 65.1 Å². The summed E-state index contributed by atoms with van der Waals surface area (Å²) < 4.78 is 6.39. The third-order valence-corrected chi connectivity index (χ3v) is 7.52. The fourth-order valence-electron chi connectivity index (χ4n) is 5.88. The Kier molecular flexibility index (Phi) is 5.59. The molecule has 1 saturated carbocycles. The van der Waals surface area contributed by atoms with Crippen molar-refractivity contribution in [3.63, 3.8) is 0 Å². The van der Waals surface area contributed by atoms with E-state index in [-0.39, 0.29) is 35.4 Å². The van der Waals surface area contributed by atoms with Crippen molar-refractivity contribution in [3.8, 4) is 0 Å². The van der Waals surface area contributed by atoms with Crippen LogP contribution in [0.25, 0.3) is 0 Å². The van der Waals surface area contributed by atoms with Gasteiger partial charge in [-0.05, 0) is 53.4 Å². The number of nitrogens with zero attached hydrogens (tertiary/aromatic N) is 2. The lowest BCUT2D eigenvalue weighted by atomic mass is 9.70. The van der Waals surface area contributed by atoms with Crippen LogP contribution in [-0.2, 0) is 20.9 Å². The molecule has 1 aromatic carbocycles. The van der Waals surface area contributed by atoms with Crippen molar-refractivity contribution < 1.29 is 14.3 Å². The Morgan fingerprint density at radius 1 is 1.09 bits per heavy atom. The van der Waals surface area contributed by atoms with Crippen LogP contribution in [0.15, 0.2) is 60.1 Å². The molecule has 3 heterocycles. The van der Waals surface area contributed by atoms with E-state index in [9.17, 15) is 9.59 Å². The lowest BCUT2D eigenvalue weighted by Crippen LogP contribution is -2.45. The molecule has 33 heavy (non-hydrogen) atoms. The Morgan fingerprint density at radius 3 is 2.52 bits per heavy atom. The third kappa shape index (κ3) is 3.77. The highest BCUT2D eigenvalue weighted by Crippen LogP contribution is 2.49. The average molecular weight is 445 g/mol. The molecule has 5 unspecified atom stereocenters. The lowest BCUT2D eigenvalue weighted by Gasteiger charge is -2.41. The number of carbonyl (C=O) groups is 2. The van der Waals surface area contributed by atoms with E-state index in [1.54, 1.807) is 17.3 Å². The van der Waals surface area contributed by atoms with Gasteiger partial charge >= 0.3 is 0 Å². The number of ether oxygens (including phenoxy) is 1. The molecule has 0 spiro atoms. The highest BCUT2D eigenvalue weighted by Gasteiger charge is 2.53. The number of amides is 1. The van der Waals surface area contributed by atoms with E-state index in [0.29, 0.717) is 24.0 Å². The van der Waals surface area contributed by atoms with Crippen LogP contribution < -0.4 is 0 Å². The van der Waals surface area contributed by atoms with Crippen molar-refractivity contribution in [1.82, 2.24) is 9.88 Å². The summed E-state index contributed by atoms with van der Waals surface area (Å²) in [6.07, 6.45) is 5.13.